The Bertz CT molecular complexity index is 1390. The second kappa shape index (κ2) is 11.4. The molecule has 3 N–H and O–H groups in total. The summed E-state index contributed by atoms with van der Waals surface area (Å²) in [4.78, 5) is 51.3. The van der Waals surface area contributed by atoms with Gasteiger partial charge in [0.15, 0.2) is 10.3 Å². The number of nitrogens with zero attached hydrogens (tertiary/aromatic N) is 3. The SMILES string of the molecule is CNc1nc(-c2nc(N3CC[C@@H](NC(=O)c4[nH]c(C)c(Cl)c4Cl)[C@@H](F)C3)sc2C(=O)OC)c(C(=O)OC)s1. The van der Waals surface area contributed by atoms with E-state index in [9.17, 15) is 14.4 Å². The molecule has 0 bridgehead atoms. The minimum absolute atomic E-state index is 0.0710. The third kappa shape index (κ3) is 5.30. The molecule has 4 heterocycles. The number of hydrogen-bond acceptors (Lipinski definition) is 11. The second-order valence-electron chi connectivity index (χ2n) is 8.19. The van der Waals surface area contributed by atoms with E-state index in [2.05, 4.69) is 25.6 Å². The predicted octanol–water partition coefficient (Wildman–Crippen LogP) is 4.17. The van der Waals surface area contributed by atoms with Gasteiger partial charge in [0.2, 0.25) is 0 Å². The maximum absolute atomic E-state index is 15.2. The van der Waals surface area contributed by atoms with Gasteiger partial charge in [0.1, 0.15) is 33.0 Å². The smallest absolute Gasteiger partial charge is 0.350 e. The molecule has 16 heteroatoms. The second-order valence-corrected chi connectivity index (χ2v) is 10.9. The van der Waals surface area contributed by atoms with Gasteiger partial charge in [0.25, 0.3) is 5.91 Å². The van der Waals surface area contributed by atoms with Crippen LogP contribution in [0.4, 0.5) is 14.7 Å². The number of amides is 1. The summed E-state index contributed by atoms with van der Waals surface area (Å²) in [5, 5.41) is 6.61. The van der Waals surface area contributed by atoms with Crippen LogP contribution in [0.3, 0.4) is 0 Å². The first-order chi connectivity index (χ1) is 18.1. The van der Waals surface area contributed by atoms with Crippen LogP contribution < -0.4 is 15.5 Å². The van der Waals surface area contributed by atoms with Crippen LogP contribution in [0, 0.1) is 6.92 Å². The Morgan fingerprint density at radius 3 is 2.26 bits per heavy atom. The Kier molecular flexibility index (Phi) is 8.45. The Morgan fingerprint density at radius 2 is 1.71 bits per heavy atom. The molecule has 0 aliphatic carbocycles. The summed E-state index contributed by atoms with van der Waals surface area (Å²) >= 11 is 14.2. The normalized spacial score (nSPS) is 17.3. The van der Waals surface area contributed by atoms with Crippen LogP contribution in [0.5, 0.6) is 0 Å². The van der Waals surface area contributed by atoms with Gasteiger partial charge < -0.3 is 30.0 Å². The van der Waals surface area contributed by atoms with Crippen LogP contribution in [0.25, 0.3) is 11.4 Å². The fourth-order valence-corrected chi connectivity index (χ4v) is 6.14. The van der Waals surface area contributed by atoms with E-state index in [1.807, 2.05) is 0 Å². The standard InChI is InChI=1S/C22H23Cl2FN6O5S2/c1-8-11(23)12(24)13(27-8)18(32)28-10-5-6-31(7-9(10)25)22-30-15(17(38-22)20(34)36-4)14-16(19(33)35-3)37-21(26-2)29-14/h9-10,27H,5-7H2,1-4H3,(H,26,29)(H,28,32)/t9-,10+/m0/s1. The van der Waals surface area contributed by atoms with E-state index in [4.69, 9.17) is 32.7 Å². The van der Waals surface area contributed by atoms with Crippen molar-refractivity contribution in [3.8, 4) is 11.4 Å². The lowest BCUT2D eigenvalue weighted by Gasteiger charge is -2.34. The van der Waals surface area contributed by atoms with Crippen molar-refractivity contribution >= 4 is 74.0 Å². The maximum Gasteiger partial charge on any atom is 0.350 e. The van der Waals surface area contributed by atoms with E-state index in [1.165, 1.54) is 14.2 Å². The minimum Gasteiger partial charge on any atom is -0.465 e. The number of carbonyl (C=O) groups excluding carboxylic acids is 3. The van der Waals surface area contributed by atoms with Crippen molar-refractivity contribution in [2.75, 3.05) is 44.6 Å². The molecule has 1 aliphatic heterocycles. The van der Waals surface area contributed by atoms with E-state index >= 15 is 4.39 Å². The largest absolute Gasteiger partial charge is 0.465 e. The Labute approximate surface area is 234 Å². The highest BCUT2D eigenvalue weighted by Gasteiger charge is 2.35. The van der Waals surface area contributed by atoms with Gasteiger partial charge in [0, 0.05) is 19.3 Å². The van der Waals surface area contributed by atoms with Crippen LogP contribution in [0.1, 0.15) is 41.9 Å². The number of halogens is 3. The van der Waals surface area contributed by atoms with Gasteiger partial charge in [-0.15, -0.1) is 0 Å². The number of aromatic amines is 1. The van der Waals surface area contributed by atoms with Gasteiger partial charge in [-0.25, -0.2) is 23.9 Å². The fraction of sp³-hybridized carbons (Fsp3) is 0.409. The fourth-order valence-electron chi connectivity index (χ4n) is 3.86. The molecule has 1 fully saturated rings. The number of carbonyl (C=O) groups is 3. The zero-order valence-electron chi connectivity index (χ0n) is 20.6. The molecule has 0 spiro atoms. The minimum atomic E-state index is -1.45. The van der Waals surface area contributed by atoms with Crippen molar-refractivity contribution in [3.05, 3.63) is 31.2 Å². The number of H-pyrrole nitrogens is 1. The first-order valence-corrected chi connectivity index (χ1v) is 13.6. The van der Waals surface area contributed by atoms with Crippen molar-refractivity contribution in [2.45, 2.75) is 25.6 Å². The zero-order chi connectivity index (χ0) is 27.7. The zero-order valence-corrected chi connectivity index (χ0v) is 23.8. The molecule has 1 saturated heterocycles. The number of thiazole rings is 2. The number of esters is 2. The summed E-state index contributed by atoms with van der Waals surface area (Å²) in [6, 6.07) is -0.778. The molecule has 1 aliphatic rings. The molecule has 3 aromatic rings. The summed E-state index contributed by atoms with van der Waals surface area (Å²) in [5.41, 5.74) is 0.896. The van der Waals surface area contributed by atoms with Crippen molar-refractivity contribution in [1.82, 2.24) is 20.3 Å². The van der Waals surface area contributed by atoms with E-state index in [0.29, 0.717) is 22.5 Å². The maximum atomic E-state index is 15.2. The Morgan fingerprint density at radius 1 is 1.08 bits per heavy atom. The van der Waals surface area contributed by atoms with Crippen molar-refractivity contribution < 1.29 is 28.2 Å². The van der Waals surface area contributed by atoms with Crippen LogP contribution in [0.15, 0.2) is 0 Å². The lowest BCUT2D eigenvalue weighted by atomic mass is 10.0. The van der Waals surface area contributed by atoms with Crippen LogP contribution >= 0.6 is 45.9 Å². The third-order valence-electron chi connectivity index (χ3n) is 5.83. The molecule has 0 aromatic carbocycles. The first-order valence-electron chi connectivity index (χ1n) is 11.2. The van der Waals surface area contributed by atoms with Gasteiger partial charge in [0.05, 0.1) is 36.9 Å². The average molecular weight is 606 g/mol. The number of ether oxygens (including phenoxy) is 2. The first kappa shape index (κ1) is 28.1. The molecular formula is C22H23Cl2FN6O5S2. The monoisotopic (exact) mass is 604 g/mol. The van der Waals surface area contributed by atoms with Crippen molar-refractivity contribution in [1.29, 1.82) is 0 Å². The Hall–Kier alpha value is -2.94. The Balaban J connectivity index is 1.57. The van der Waals surface area contributed by atoms with E-state index in [1.54, 1.807) is 18.9 Å². The lowest BCUT2D eigenvalue weighted by Crippen LogP contribution is -2.52. The summed E-state index contributed by atoms with van der Waals surface area (Å²) in [6.07, 6.45) is -1.19. The topological polar surface area (TPSA) is 139 Å². The van der Waals surface area contributed by atoms with Crippen molar-refractivity contribution in [2.24, 2.45) is 0 Å². The van der Waals surface area contributed by atoms with Gasteiger partial charge in [-0.05, 0) is 13.3 Å². The number of alkyl halides is 1. The van der Waals surface area contributed by atoms with Crippen molar-refractivity contribution in [3.63, 3.8) is 0 Å². The number of aromatic nitrogens is 3. The summed E-state index contributed by atoms with van der Waals surface area (Å²) < 4.78 is 25.0. The number of hydrogen-bond donors (Lipinski definition) is 3. The average Bonchev–Trinajstić information content (AvgIpc) is 3.61. The highest BCUT2D eigenvalue weighted by Crippen LogP contribution is 2.39. The number of rotatable bonds is 7. The quantitative estimate of drug-likeness (QED) is 0.339. The van der Waals surface area contributed by atoms with E-state index in [-0.39, 0.29) is 49.8 Å². The molecule has 3 aromatic heterocycles. The molecule has 0 saturated carbocycles. The number of anilines is 2. The highest BCUT2D eigenvalue weighted by atomic mass is 35.5. The summed E-state index contributed by atoms with van der Waals surface area (Å²) in [7, 11) is 4.10. The lowest BCUT2D eigenvalue weighted by molar-refractivity contribution is 0.0595. The summed E-state index contributed by atoms with van der Waals surface area (Å²) in [5.74, 6) is -1.87. The molecule has 11 nitrogen and oxygen atoms in total. The summed E-state index contributed by atoms with van der Waals surface area (Å²) in [6.45, 7) is 1.91. The molecule has 2 atom stereocenters. The van der Waals surface area contributed by atoms with E-state index < -0.39 is 30.1 Å². The van der Waals surface area contributed by atoms with Gasteiger partial charge in [-0.3, -0.25) is 4.79 Å². The molecule has 0 radical (unpaired) electrons. The highest BCUT2D eigenvalue weighted by molar-refractivity contribution is 7.19. The molecule has 0 unspecified atom stereocenters. The number of methoxy groups -OCH3 is 2. The molecule has 204 valence electrons. The number of piperidine rings is 1. The molecule has 4 rings (SSSR count). The van der Waals surface area contributed by atoms with Gasteiger partial charge >= 0.3 is 11.9 Å². The number of nitrogens with one attached hydrogen (secondary N) is 3. The molecule has 38 heavy (non-hydrogen) atoms. The van der Waals surface area contributed by atoms with E-state index in [0.717, 1.165) is 22.7 Å². The van der Waals surface area contributed by atoms with Crippen LogP contribution in [-0.4, -0.2) is 79.4 Å². The predicted molar refractivity (Wildman–Crippen MR) is 144 cm³/mol. The molecule has 1 amide bonds. The van der Waals surface area contributed by atoms with Crippen LogP contribution in [0.2, 0.25) is 10.0 Å². The number of aryl methyl sites for hydroxylation is 1. The van der Waals surface area contributed by atoms with Gasteiger partial charge in [-0.2, -0.15) is 0 Å². The third-order valence-corrected chi connectivity index (χ3v) is 8.93. The van der Waals surface area contributed by atoms with Crippen LogP contribution in [-0.2, 0) is 9.47 Å². The van der Waals surface area contributed by atoms with Gasteiger partial charge in [-0.1, -0.05) is 45.9 Å². The molecular weight excluding hydrogens is 582 g/mol.